The summed E-state index contributed by atoms with van der Waals surface area (Å²) >= 11 is 0. The van der Waals surface area contributed by atoms with Crippen LogP contribution < -0.4 is 10.1 Å². The lowest BCUT2D eigenvalue weighted by Gasteiger charge is -2.32. The summed E-state index contributed by atoms with van der Waals surface area (Å²) < 4.78 is 29.5. The number of halogens is 2. The van der Waals surface area contributed by atoms with E-state index >= 15 is 0 Å². The molecule has 2 rings (SSSR count). The van der Waals surface area contributed by atoms with E-state index in [1.807, 2.05) is 13.8 Å². The summed E-state index contributed by atoms with van der Waals surface area (Å²) in [5.41, 5.74) is 0.0889. The molecular weight excluding hydrogens is 330 g/mol. The largest absolute Gasteiger partial charge is 0.434 e. The first-order valence-corrected chi connectivity index (χ1v) is 8.49. The van der Waals surface area contributed by atoms with Gasteiger partial charge in [-0.2, -0.15) is 8.78 Å². The molecule has 2 amide bonds. The third-order valence-electron chi connectivity index (χ3n) is 4.10. The van der Waals surface area contributed by atoms with Crippen LogP contribution in [0, 0.1) is 11.8 Å². The van der Waals surface area contributed by atoms with E-state index in [9.17, 15) is 18.4 Å². The van der Waals surface area contributed by atoms with E-state index in [0.717, 1.165) is 0 Å². The first-order chi connectivity index (χ1) is 11.9. The van der Waals surface area contributed by atoms with E-state index in [1.165, 1.54) is 23.1 Å². The van der Waals surface area contributed by atoms with Crippen LogP contribution in [-0.4, -0.2) is 43.0 Å². The van der Waals surface area contributed by atoms with Crippen LogP contribution in [-0.2, 0) is 4.79 Å². The second-order valence-electron chi connectivity index (χ2n) is 6.60. The quantitative estimate of drug-likeness (QED) is 0.855. The molecule has 1 fully saturated rings. The van der Waals surface area contributed by atoms with Crippen molar-refractivity contribution < 1.29 is 23.1 Å². The number of ether oxygens (including phenoxy) is 1. The van der Waals surface area contributed by atoms with E-state index in [-0.39, 0.29) is 29.7 Å². The van der Waals surface area contributed by atoms with Gasteiger partial charge in [-0.15, -0.1) is 0 Å². The van der Waals surface area contributed by atoms with Crippen LogP contribution in [0.1, 0.15) is 37.0 Å². The first-order valence-electron chi connectivity index (χ1n) is 8.49. The molecule has 1 aromatic rings. The van der Waals surface area contributed by atoms with Crippen molar-refractivity contribution in [2.75, 3.05) is 19.6 Å². The summed E-state index contributed by atoms with van der Waals surface area (Å²) in [6.45, 7) is 2.40. The maximum absolute atomic E-state index is 12.7. The summed E-state index contributed by atoms with van der Waals surface area (Å²) in [6, 6.07) is 5.94. The number of piperidine rings is 1. The Labute approximate surface area is 146 Å². The molecule has 25 heavy (non-hydrogen) atoms. The maximum Gasteiger partial charge on any atom is 0.387 e. The van der Waals surface area contributed by atoms with Gasteiger partial charge in [0.25, 0.3) is 5.91 Å². The third-order valence-corrected chi connectivity index (χ3v) is 4.10. The van der Waals surface area contributed by atoms with Crippen LogP contribution in [0.25, 0.3) is 0 Å². The molecular formula is C18H24F2N2O3. The van der Waals surface area contributed by atoms with Crippen molar-refractivity contribution in [2.45, 2.75) is 33.3 Å². The number of hydrogen-bond acceptors (Lipinski definition) is 3. The number of hydrogen-bond donors (Lipinski definition) is 1. The number of likely N-dealkylation sites (tertiary alicyclic amines) is 1. The fourth-order valence-electron chi connectivity index (χ4n) is 2.84. The van der Waals surface area contributed by atoms with Gasteiger partial charge in [0.15, 0.2) is 0 Å². The molecule has 0 aromatic heterocycles. The lowest BCUT2D eigenvalue weighted by atomic mass is 9.96. The number of nitrogens with zero attached hydrogens (tertiary/aromatic N) is 1. The number of amides is 2. The van der Waals surface area contributed by atoms with E-state index in [0.29, 0.717) is 31.8 Å². The number of benzene rings is 1. The minimum absolute atomic E-state index is 0.0664. The molecule has 1 unspecified atom stereocenters. The van der Waals surface area contributed by atoms with Gasteiger partial charge >= 0.3 is 6.61 Å². The molecule has 1 heterocycles. The number of alkyl halides is 2. The summed E-state index contributed by atoms with van der Waals surface area (Å²) in [5, 5.41) is 2.89. The smallest absolute Gasteiger partial charge is 0.387 e. The topological polar surface area (TPSA) is 58.6 Å². The Morgan fingerprint density at radius 3 is 2.72 bits per heavy atom. The van der Waals surface area contributed by atoms with Gasteiger partial charge in [0, 0.05) is 19.6 Å². The summed E-state index contributed by atoms with van der Waals surface area (Å²) in [6.07, 6.45) is 1.41. The molecule has 0 aliphatic carbocycles. The molecule has 1 aliphatic heterocycles. The number of carbonyl (C=O) groups excluding carboxylic acids is 2. The number of nitrogens with one attached hydrogen (secondary N) is 1. The third kappa shape index (κ3) is 5.41. The first kappa shape index (κ1) is 19.1. The van der Waals surface area contributed by atoms with Gasteiger partial charge in [-0.1, -0.05) is 26.0 Å². The molecule has 0 saturated carbocycles. The second kappa shape index (κ2) is 8.78. The molecule has 1 saturated heterocycles. The van der Waals surface area contributed by atoms with Crippen LogP contribution in [0.2, 0.25) is 0 Å². The molecule has 0 radical (unpaired) electrons. The molecule has 5 nitrogen and oxygen atoms in total. The van der Waals surface area contributed by atoms with E-state index in [4.69, 9.17) is 0 Å². The zero-order valence-electron chi connectivity index (χ0n) is 14.5. The van der Waals surface area contributed by atoms with Crippen LogP contribution in [0.4, 0.5) is 8.78 Å². The van der Waals surface area contributed by atoms with Crippen molar-refractivity contribution in [2.24, 2.45) is 11.8 Å². The summed E-state index contributed by atoms with van der Waals surface area (Å²) in [4.78, 5) is 26.5. The van der Waals surface area contributed by atoms with Crippen molar-refractivity contribution in [3.63, 3.8) is 0 Å². The van der Waals surface area contributed by atoms with Gasteiger partial charge in [-0.25, -0.2) is 0 Å². The second-order valence-corrected chi connectivity index (χ2v) is 6.60. The van der Waals surface area contributed by atoms with E-state index < -0.39 is 12.5 Å². The summed E-state index contributed by atoms with van der Waals surface area (Å²) in [7, 11) is 0. The highest BCUT2D eigenvalue weighted by atomic mass is 19.3. The van der Waals surface area contributed by atoms with Crippen molar-refractivity contribution in [1.82, 2.24) is 10.2 Å². The van der Waals surface area contributed by atoms with Crippen molar-refractivity contribution in [1.29, 1.82) is 0 Å². The Morgan fingerprint density at radius 2 is 2.04 bits per heavy atom. The SMILES string of the molecule is CC(C)CNC(=O)C1CCCN(C(=O)c2ccccc2OC(F)F)C1. The lowest BCUT2D eigenvalue weighted by Crippen LogP contribution is -2.46. The Kier molecular flexibility index (Phi) is 6.73. The molecule has 7 heteroatoms. The van der Waals surface area contributed by atoms with Crippen LogP contribution >= 0.6 is 0 Å². The van der Waals surface area contributed by atoms with Crippen LogP contribution in [0.3, 0.4) is 0 Å². The number of para-hydroxylation sites is 1. The van der Waals surface area contributed by atoms with Gasteiger partial charge in [0.1, 0.15) is 5.75 Å². The van der Waals surface area contributed by atoms with E-state index in [1.54, 1.807) is 6.07 Å². The van der Waals surface area contributed by atoms with Gasteiger partial charge in [0.2, 0.25) is 5.91 Å². The highest BCUT2D eigenvalue weighted by molar-refractivity contribution is 5.97. The average Bonchev–Trinajstić information content (AvgIpc) is 2.59. The Morgan fingerprint density at radius 1 is 1.32 bits per heavy atom. The van der Waals surface area contributed by atoms with Crippen LogP contribution in [0.5, 0.6) is 5.75 Å². The lowest BCUT2D eigenvalue weighted by molar-refractivity contribution is -0.126. The monoisotopic (exact) mass is 354 g/mol. The Balaban J connectivity index is 2.06. The van der Waals surface area contributed by atoms with Crippen LogP contribution in [0.15, 0.2) is 24.3 Å². The predicted octanol–water partition coefficient (Wildman–Crippen LogP) is 2.91. The molecule has 1 atom stereocenters. The Hall–Kier alpha value is -2.18. The fraction of sp³-hybridized carbons (Fsp3) is 0.556. The molecule has 1 aliphatic rings. The normalized spacial score (nSPS) is 17.7. The van der Waals surface area contributed by atoms with Gasteiger partial charge in [-0.3, -0.25) is 9.59 Å². The van der Waals surface area contributed by atoms with E-state index in [2.05, 4.69) is 10.1 Å². The number of carbonyl (C=O) groups is 2. The number of rotatable bonds is 6. The molecule has 1 aromatic carbocycles. The minimum Gasteiger partial charge on any atom is -0.434 e. The van der Waals surface area contributed by atoms with Crippen molar-refractivity contribution in [3.05, 3.63) is 29.8 Å². The zero-order valence-corrected chi connectivity index (χ0v) is 14.5. The fourth-order valence-corrected chi connectivity index (χ4v) is 2.84. The average molecular weight is 354 g/mol. The minimum atomic E-state index is -3.00. The van der Waals surface area contributed by atoms with Gasteiger partial charge < -0.3 is 15.0 Å². The molecule has 138 valence electrons. The summed E-state index contributed by atoms with van der Waals surface area (Å²) in [5.74, 6) is -0.530. The van der Waals surface area contributed by atoms with Crippen molar-refractivity contribution >= 4 is 11.8 Å². The Bertz CT molecular complexity index is 608. The molecule has 0 spiro atoms. The van der Waals surface area contributed by atoms with Gasteiger partial charge in [0.05, 0.1) is 11.5 Å². The highest BCUT2D eigenvalue weighted by Gasteiger charge is 2.30. The van der Waals surface area contributed by atoms with Gasteiger partial charge in [-0.05, 0) is 30.9 Å². The maximum atomic E-state index is 12.7. The van der Waals surface area contributed by atoms with Crippen molar-refractivity contribution in [3.8, 4) is 5.75 Å². The molecule has 0 bridgehead atoms. The zero-order chi connectivity index (χ0) is 18.4. The standard InChI is InChI=1S/C18H24F2N2O3/c1-12(2)10-21-16(23)13-6-5-9-22(11-13)17(24)14-7-3-4-8-15(14)25-18(19)20/h3-4,7-8,12-13,18H,5-6,9-11H2,1-2H3,(H,21,23). The highest BCUT2D eigenvalue weighted by Crippen LogP contribution is 2.25. The predicted molar refractivity (Wildman–Crippen MR) is 89.5 cm³/mol. The molecule has 1 N–H and O–H groups in total.